The molecule has 5 heteroatoms. The molecule has 99 valence electrons. The molecule has 1 N–H and O–H groups in total. The second-order valence-corrected chi connectivity index (χ2v) is 5.77. The Morgan fingerprint density at radius 3 is 2.12 bits per heavy atom. The number of benzene rings is 1. The van der Waals surface area contributed by atoms with Crippen molar-refractivity contribution in [2.45, 2.75) is 39.3 Å². The normalized spacial score (nSPS) is 13.3. The second-order valence-electron chi connectivity index (χ2n) is 3.95. The fourth-order valence-electron chi connectivity index (χ4n) is 1.43. The van der Waals surface area contributed by atoms with Gasteiger partial charge in [0.05, 0.1) is 0 Å². The van der Waals surface area contributed by atoms with Crippen molar-refractivity contribution in [2.75, 3.05) is 0 Å². The van der Waals surface area contributed by atoms with Gasteiger partial charge in [-0.05, 0) is 20.3 Å². The van der Waals surface area contributed by atoms with Crippen molar-refractivity contribution >= 4 is 25.9 Å². The Bertz CT molecular complexity index is 293. The molecule has 0 bridgehead atoms. The summed E-state index contributed by atoms with van der Waals surface area (Å²) in [6, 6.07) is 8.29. The Labute approximate surface area is 118 Å². The Morgan fingerprint density at radius 2 is 1.71 bits per heavy atom. The van der Waals surface area contributed by atoms with E-state index in [1.165, 1.54) is 5.56 Å². The van der Waals surface area contributed by atoms with Gasteiger partial charge in [-0.25, -0.2) is 0 Å². The number of halogens is 2. The molecule has 0 aliphatic carbocycles. The third-order valence-corrected chi connectivity index (χ3v) is 2.09. The van der Waals surface area contributed by atoms with Crippen LogP contribution in [0.25, 0.3) is 5.32 Å². The molecule has 0 aromatic heterocycles. The van der Waals surface area contributed by atoms with Crippen molar-refractivity contribution in [1.29, 1.82) is 0 Å². The number of aryl methyl sites for hydroxylation is 1. The first-order valence-electron chi connectivity index (χ1n) is 5.30. The molecular weight excluding hydrogens is 301 g/mol. The number of aliphatic hydroxyl groups is 1. The van der Waals surface area contributed by atoms with Gasteiger partial charge in [-0.2, -0.15) is 0 Å². The zero-order valence-corrected chi connectivity index (χ0v) is 12.8. The molecule has 17 heavy (non-hydrogen) atoms. The number of aliphatic hydroxyl groups excluding tert-OH is 1. The Hall–Kier alpha value is 0.0795. The monoisotopic (exact) mass is 318 g/mol. The molecule has 1 aromatic rings. The van der Waals surface area contributed by atoms with Gasteiger partial charge >= 0.3 is 33.3 Å². The van der Waals surface area contributed by atoms with Crippen molar-refractivity contribution in [1.82, 2.24) is 0 Å². The Balaban J connectivity index is 0.000000770. The van der Waals surface area contributed by atoms with Crippen LogP contribution in [0.3, 0.4) is 0 Å². The molecule has 0 aliphatic heterocycles. The first kappa shape index (κ1) is 17.1. The van der Waals surface area contributed by atoms with Crippen molar-refractivity contribution in [2.24, 2.45) is 0 Å². The molecule has 2 unspecified atom stereocenters. The van der Waals surface area contributed by atoms with Gasteiger partial charge in [0.25, 0.3) is 0 Å². The van der Waals surface area contributed by atoms with Gasteiger partial charge in [0, 0.05) is 6.10 Å². The molecule has 0 radical (unpaired) electrons. The summed E-state index contributed by atoms with van der Waals surface area (Å²) in [5.41, 5.74) is 2.23. The van der Waals surface area contributed by atoms with Crippen LogP contribution in [0.1, 0.15) is 25.8 Å². The van der Waals surface area contributed by atoms with E-state index in [1.807, 2.05) is 31.2 Å². The van der Waals surface area contributed by atoms with Crippen LogP contribution in [0.4, 0.5) is 5.69 Å². The van der Waals surface area contributed by atoms with E-state index in [0.717, 1.165) is 5.69 Å². The van der Waals surface area contributed by atoms with E-state index < -0.39 is 0 Å². The summed E-state index contributed by atoms with van der Waals surface area (Å²) in [6.07, 6.45) is 0.438. The van der Waals surface area contributed by atoms with Gasteiger partial charge in [0.2, 0.25) is 0 Å². The summed E-state index contributed by atoms with van der Waals surface area (Å²) >= 11 is 0.194. The topological polar surface area (TPSA) is 34.3 Å². The van der Waals surface area contributed by atoms with Gasteiger partial charge in [0.1, 0.15) is 0 Å². The first-order chi connectivity index (χ1) is 7.99. The van der Waals surface area contributed by atoms with Crippen LogP contribution in [0.5, 0.6) is 0 Å². The van der Waals surface area contributed by atoms with Crippen molar-refractivity contribution in [3.05, 3.63) is 35.1 Å². The van der Waals surface area contributed by atoms with Crippen LogP contribution in [-0.4, -0.2) is 17.3 Å². The van der Waals surface area contributed by atoms with E-state index in [1.54, 1.807) is 6.92 Å². The van der Waals surface area contributed by atoms with Gasteiger partial charge in [-0.3, -0.25) is 0 Å². The SMILES string of the molecule is Cc1ccc([N-]C(C)CC(C)O)cc1.[Cl][Fe+][Cl]. The summed E-state index contributed by atoms with van der Waals surface area (Å²) < 4.78 is 0. The standard InChI is InChI=1S/C12H18NO.2ClH.Fe/c1-9-4-6-12(7-5-9)13-10(2)8-11(3)14;;;/h4-7,10-11,14H,8H2,1-3H3;2*1H;/q-1;;;+3/p-2. The number of nitrogens with zero attached hydrogens (tertiary/aromatic N) is 1. The molecule has 0 saturated carbocycles. The molecule has 0 amide bonds. The van der Waals surface area contributed by atoms with E-state index in [4.69, 9.17) is 20.2 Å². The minimum atomic E-state index is -0.279. The summed E-state index contributed by atoms with van der Waals surface area (Å²) in [4.78, 5) is 0. The maximum atomic E-state index is 9.18. The quantitative estimate of drug-likeness (QED) is 0.813. The molecule has 0 fully saturated rings. The summed E-state index contributed by atoms with van der Waals surface area (Å²) in [5.74, 6) is 0. The summed E-state index contributed by atoms with van der Waals surface area (Å²) in [7, 11) is 9.53. The predicted molar refractivity (Wildman–Crippen MR) is 71.7 cm³/mol. The predicted octanol–water partition coefficient (Wildman–Crippen LogP) is 4.54. The molecule has 0 spiro atoms. The third-order valence-electron chi connectivity index (χ3n) is 2.09. The van der Waals surface area contributed by atoms with Crippen LogP contribution in [0.2, 0.25) is 0 Å². The molecule has 2 nitrogen and oxygen atoms in total. The average molecular weight is 319 g/mol. The Kier molecular flexibility index (Phi) is 10.1. The van der Waals surface area contributed by atoms with Gasteiger partial charge in [-0.1, -0.05) is 36.8 Å². The van der Waals surface area contributed by atoms with Crippen molar-refractivity contribution < 1.29 is 18.2 Å². The fourth-order valence-corrected chi connectivity index (χ4v) is 1.43. The molecule has 0 saturated heterocycles. The first-order valence-corrected chi connectivity index (χ1v) is 8.34. The van der Waals surface area contributed by atoms with Gasteiger partial charge < -0.3 is 10.4 Å². The van der Waals surface area contributed by atoms with Crippen LogP contribution >= 0.6 is 20.2 Å². The van der Waals surface area contributed by atoms with E-state index in [2.05, 4.69) is 12.2 Å². The second kappa shape index (κ2) is 10.0. The number of rotatable bonds is 4. The molecule has 1 aromatic carbocycles. The Morgan fingerprint density at radius 1 is 1.24 bits per heavy atom. The van der Waals surface area contributed by atoms with E-state index in [0.29, 0.717) is 6.42 Å². The van der Waals surface area contributed by atoms with E-state index in [-0.39, 0.29) is 25.3 Å². The van der Waals surface area contributed by atoms with Crippen molar-refractivity contribution in [3.8, 4) is 0 Å². The van der Waals surface area contributed by atoms with Gasteiger partial charge in [0.15, 0.2) is 0 Å². The molecule has 2 atom stereocenters. The van der Waals surface area contributed by atoms with Crippen LogP contribution in [-0.2, 0) is 13.1 Å². The summed E-state index contributed by atoms with van der Waals surface area (Å²) in [6.45, 7) is 5.87. The molecule has 0 heterocycles. The van der Waals surface area contributed by atoms with Crippen molar-refractivity contribution in [3.63, 3.8) is 0 Å². The zero-order valence-electron chi connectivity index (χ0n) is 10.2. The maximum absolute atomic E-state index is 9.18. The number of hydrogen-bond donors (Lipinski definition) is 1. The third kappa shape index (κ3) is 9.75. The van der Waals surface area contributed by atoms with Gasteiger partial charge in [-0.15, -0.1) is 11.7 Å². The van der Waals surface area contributed by atoms with E-state index >= 15 is 0 Å². The van der Waals surface area contributed by atoms with Crippen LogP contribution in [0.15, 0.2) is 24.3 Å². The molecule has 0 aliphatic rings. The number of hydrogen-bond acceptors (Lipinski definition) is 1. The molecular formula is C12H18Cl2FeNO. The summed E-state index contributed by atoms with van der Waals surface area (Å²) in [5, 5.41) is 13.7. The minimum absolute atomic E-state index is 0.178. The fraction of sp³-hybridized carbons (Fsp3) is 0.500. The average Bonchev–Trinajstić information content (AvgIpc) is 2.21. The van der Waals surface area contributed by atoms with Crippen LogP contribution in [0, 0.1) is 6.92 Å². The van der Waals surface area contributed by atoms with Crippen LogP contribution < -0.4 is 0 Å². The molecule has 1 rings (SSSR count). The van der Waals surface area contributed by atoms with E-state index in [9.17, 15) is 5.11 Å². The zero-order chi connectivity index (χ0) is 13.3.